The van der Waals surface area contributed by atoms with Crippen LogP contribution in [0.3, 0.4) is 0 Å². The van der Waals surface area contributed by atoms with Crippen LogP contribution < -0.4 is 9.13 Å². The summed E-state index contributed by atoms with van der Waals surface area (Å²) in [5.41, 5.74) is 5.06. The molecule has 0 unspecified atom stereocenters. The zero-order chi connectivity index (χ0) is 20.1. The third kappa shape index (κ3) is 4.18. The molecule has 0 aliphatic carbocycles. The number of hydrogen-bond donors (Lipinski definition) is 0. The molecule has 0 N–H and O–H groups in total. The number of methoxy groups -OCH3 is 2. The second kappa shape index (κ2) is 9.20. The predicted octanol–water partition coefficient (Wildman–Crippen LogP) is 2.55. The first-order chi connectivity index (χ1) is 14.3. The highest BCUT2D eigenvalue weighted by Crippen LogP contribution is 2.12. The number of benzene rings is 2. The minimum absolute atomic E-state index is 0.718. The molecule has 6 nitrogen and oxygen atoms in total. The van der Waals surface area contributed by atoms with Crippen LogP contribution in [0.15, 0.2) is 61.2 Å². The molecule has 0 fully saturated rings. The van der Waals surface area contributed by atoms with Crippen molar-refractivity contribution in [3.8, 4) is 0 Å². The maximum absolute atomic E-state index is 5.27. The molecule has 0 atom stereocenters. The number of fused-ring (bicyclic) bond motifs is 2. The molecule has 0 amide bonds. The lowest BCUT2D eigenvalue weighted by molar-refractivity contribution is -0.703. The monoisotopic (exact) mass is 394 g/mol. The van der Waals surface area contributed by atoms with Crippen LogP contribution in [-0.2, 0) is 35.7 Å². The first-order valence-corrected chi connectivity index (χ1v) is 10.2. The Hall–Kier alpha value is -2.70. The largest absolute Gasteiger partial charge is 0.381 e. The predicted molar refractivity (Wildman–Crippen MR) is 113 cm³/mol. The molecule has 2 aromatic carbocycles. The summed E-state index contributed by atoms with van der Waals surface area (Å²) in [6, 6.07) is 17.2. The summed E-state index contributed by atoms with van der Waals surface area (Å²) in [6.45, 7) is 5.12. The fourth-order valence-corrected chi connectivity index (χ4v) is 3.99. The van der Waals surface area contributed by atoms with E-state index in [2.05, 4.69) is 79.5 Å². The van der Waals surface area contributed by atoms with Gasteiger partial charge in [0, 0.05) is 20.6 Å². The number of aromatic nitrogens is 4. The molecule has 2 heterocycles. The number of imidazole rings is 2. The molecule has 4 aromatic rings. The molecule has 152 valence electrons. The number of aryl methyl sites for hydroxylation is 2. The quantitative estimate of drug-likeness (QED) is 0.388. The molecule has 0 bridgehead atoms. The molecule has 0 aliphatic rings. The molecule has 2 aromatic heterocycles. The van der Waals surface area contributed by atoms with Crippen molar-refractivity contribution in [1.82, 2.24) is 9.13 Å². The van der Waals surface area contributed by atoms with Gasteiger partial charge < -0.3 is 9.47 Å². The molecule has 0 saturated heterocycles. The highest BCUT2D eigenvalue weighted by atomic mass is 16.5. The van der Waals surface area contributed by atoms with E-state index < -0.39 is 0 Å². The van der Waals surface area contributed by atoms with E-state index in [1.807, 2.05) is 0 Å². The third-order valence-corrected chi connectivity index (χ3v) is 5.43. The van der Waals surface area contributed by atoms with Gasteiger partial charge in [0.25, 0.3) is 0 Å². The van der Waals surface area contributed by atoms with Crippen LogP contribution in [0.25, 0.3) is 22.1 Å². The fourth-order valence-electron chi connectivity index (χ4n) is 3.99. The van der Waals surface area contributed by atoms with E-state index in [4.69, 9.17) is 9.47 Å². The second-order valence-corrected chi connectivity index (χ2v) is 7.32. The van der Waals surface area contributed by atoms with Gasteiger partial charge in [-0.3, -0.25) is 0 Å². The van der Waals surface area contributed by atoms with E-state index >= 15 is 0 Å². The van der Waals surface area contributed by atoms with E-state index in [0.717, 1.165) is 45.8 Å². The smallest absolute Gasteiger partial charge is 0.244 e. The zero-order valence-electron chi connectivity index (χ0n) is 17.3. The van der Waals surface area contributed by atoms with Crippen LogP contribution in [0.5, 0.6) is 0 Å². The van der Waals surface area contributed by atoms with Gasteiger partial charge in [0.1, 0.15) is 13.1 Å². The van der Waals surface area contributed by atoms with E-state index in [1.54, 1.807) is 14.2 Å². The van der Waals surface area contributed by atoms with Crippen molar-refractivity contribution in [3.63, 3.8) is 0 Å². The first kappa shape index (κ1) is 19.6. The number of ether oxygens (including phenoxy) is 2. The van der Waals surface area contributed by atoms with Crippen LogP contribution >= 0.6 is 0 Å². The first-order valence-electron chi connectivity index (χ1n) is 10.2. The van der Waals surface area contributed by atoms with E-state index in [0.29, 0.717) is 0 Å². The summed E-state index contributed by atoms with van der Waals surface area (Å²) in [4.78, 5) is 0. The van der Waals surface area contributed by atoms with Gasteiger partial charge in [-0.05, 0) is 24.3 Å². The van der Waals surface area contributed by atoms with Gasteiger partial charge in [-0.25, -0.2) is 18.3 Å². The Bertz CT molecular complexity index is 997. The summed E-state index contributed by atoms with van der Waals surface area (Å²) in [5, 5.41) is 0. The molecule has 29 heavy (non-hydrogen) atoms. The number of rotatable bonds is 10. The average Bonchev–Trinajstić information content (AvgIpc) is 3.29. The molecule has 4 rings (SSSR count). The van der Waals surface area contributed by atoms with Gasteiger partial charge in [-0.15, -0.1) is 0 Å². The fraction of sp³-hybridized carbons (Fsp3) is 0.391. The summed E-state index contributed by atoms with van der Waals surface area (Å²) < 4.78 is 19.8. The van der Waals surface area contributed by atoms with Crippen molar-refractivity contribution < 1.29 is 18.6 Å². The Morgan fingerprint density at radius 1 is 0.690 bits per heavy atom. The van der Waals surface area contributed by atoms with Crippen molar-refractivity contribution in [3.05, 3.63) is 61.2 Å². The van der Waals surface area contributed by atoms with Crippen LogP contribution in [-0.4, -0.2) is 36.6 Å². The van der Waals surface area contributed by atoms with Crippen LogP contribution in [0, 0.1) is 0 Å². The van der Waals surface area contributed by atoms with Crippen LogP contribution in [0.2, 0.25) is 0 Å². The minimum Gasteiger partial charge on any atom is -0.381 e. The molecule has 6 heteroatoms. The lowest BCUT2D eigenvalue weighted by Gasteiger charge is -1.98. The van der Waals surface area contributed by atoms with Crippen molar-refractivity contribution in [2.24, 2.45) is 0 Å². The Labute approximate surface area is 171 Å². The second-order valence-electron chi connectivity index (χ2n) is 7.32. The lowest BCUT2D eigenvalue weighted by Crippen LogP contribution is -2.38. The maximum Gasteiger partial charge on any atom is 0.244 e. The van der Waals surface area contributed by atoms with E-state index in [-0.39, 0.29) is 0 Å². The Balaban J connectivity index is 1.51. The molecule has 0 radical (unpaired) electrons. The van der Waals surface area contributed by atoms with Gasteiger partial charge in [-0.2, -0.15) is 0 Å². The molecule has 0 saturated carbocycles. The van der Waals surface area contributed by atoms with Crippen molar-refractivity contribution in [2.75, 3.05) is 27.4 Å². The normalized spacial score (nSPS) is 11.7. The van der Waals surface area contributed by atoms with Gasteiger partial charge in [0.2, 0.25) is 12.7 Å². The van der Waals surface area contributed by atoms with Crippen molar-refractivity contribution >= 4 is 22.1 Å². The summed E-state index contributed by atoms with van der Waals surface area (Å²) >= 11 is 0. The van der Waals surface area contributed by atoms with Crippen molar-refractivity contribution in [2.45, 2.75) is 32.6 Å². The SMILES string of the molecule is COCCn1c[n+](CCC[n+]2cn(CCOC)c3ccccc32)c2ccccc21. The minimum atomic E-state index is 0.718. The number of nitrogens with zero attached hydrogens (tertiary/aromatic N) is 4. The Morgan fingerprint density at radius 3 is 1.59 bits per heavy atom. The number of para-hydroxylation sites is 4. The maximum atomic E-state index is 5.27. The molecular weight excluding hydrogens is 364 g/mol. The zero-order valence-corrected chi connectivity index (χ0v) is 17.3. The Kier molecular flexibility index (Phi) is 6.22. The summed E-state index contributed by atoms with van der Waals surface area (Å²) in [6.07, 6.45) is 5.50. The molecule has 0 spiro atoms. The number of hydrogen-bond acceptors (Lipinski definition) is 2. The van der Waals surface area contributed by atoms with Gasteiger partial charge in [0.15, 0.2) is 22.1 Å². The molecular formula is C23H30N4O2+2. The lowest BCUT2D eigenvalue weighted by atomic mass is 10.3. The molecule has 0 aliphatic heterocycles. The third-order valence-electron chi connectivity index (χ3n) is 5.43. The standard InChI is InChI=1S/C23H30N4O2/c1-28-16-14-26-18-24(20-8-3-5-10-22(20)26)12-7-13-25-19-27(15-17-29-2)23-11-6-4-9-21(23)25/h3-6,8-11,18-19H,7,12-17H2,1-2H3/q+2. The van der Waals surface area contributed by atoms with Crippen molar-refractivity contribution in [1.29, 1.82) is 0 Å². The van der Waals surface area contributed by atoms with Gasteiger partial charge in [0.05, 0.1) is 26.3 Å². The highest BCUT2D eigenvalue weighted by Gasteiger charge is 2.17. The van der Waals surface area contributed by atoms with Gasteiger partial charge in [-0.1, -0.05) is 24.3 Å². The highest BCUT2D eigenvalue weighted by molar-refractivity contribution is 5.72. The van der Waals surface area contributed by atoms with Gasteiger partial charge >= 0.3 is 0 Å². The van der Waals surface area contributed by atoms with E-state index in [1.165, 1.54) is 22.1 Å². The van der Waals surface area contributed by atoms with Crippen LogP contribution in [0.1, 0.15) is 6.42 Å². The van der Waals surface area contributed by atoms with Crippen LogP contribution in [0.4, 0.5) is 0 Å². The summed E-state index contributed by atoms with van der Waals surface area (Å²) in [5.74, 6) is 0. The topological polar surface area (TPSA) is 36.1 Å². The summed E-state index contributed by atoms with van der Waals surface area (Å²) in [7, 11) is 3.50. The Morgan fingerprint density at radius 2 is 1.14 bits per heavy atom. The average molecular weight is 395 g/mol. The van der Waals surface area contributed by atoms with E-state index in [9.17, 15) is 0 Å².